The van der Waals surface area contributed by atoms with Crippen molar-refractivity contribution in [1.82, 2.24) is 10.2 Å². The van der Waals surface area contributed by atoms with E-state index in [9.17, 15) is 4.79 Å². The van der Waals surface area contributed by atoms with Crippen LogP contribution in [0.3, 0.4) is 0 Å². The summed E-state index contributed by atoms with van der Waals surface area (Å²) in [5, 5.41) is 10.3. The van der Waals surface area contributed by atoms with Crippen molar-refractivity contribution < 1.29 is 18.7 Å². The number of nitrogens with zero attached hydrogens (tertiary/aromatic N) is 2. The first kappa shape index (κ1) is 17.2. The molecule has 1 heterocycles. The molecule has 0 spiro atoms. The molecule has 0 saturated carbocycles. The Hall–Kier alpha value is -3.61. The van der Waals surface area contributed by atoms with Crippen molar-refractivity contribution in [3.8, 4) is 23.0 Å². The van der Waals surface area contributed by atoms with Gasteiger partial charge in [0.2, 0.25) is 5.89 Å². The zero-order valence-corrected chi connectivity index (χ0v) is 14.3. The second-order valence-electron chi connectivity index (χ2n) is 5.21. The number of amides is 1. The van der Waals surface area contributed by atoms with Crippen LogP contribution in [-0.2, 0) is 4.79 Å². The van der Waals surface area contributed by atoms with Gasteiger partial charge in [-0.1, -0.05) is 23.3 Å². The molecule has 7 heteroatoms. The fraction of sp³-hybridized carbons (Fsp3) is 0.105. The lowest BCUT2D eigenvalue weighted by molar-refractivity contribution is -0.112. The lowest BCUT2D eigenvalue weighted by Crippen LogP contribution is -2.07. The molecule has 26 heavy (non-hydrogen) atoms. The first-order valence-corrected chi connectivity index (χ1v) is 7.79. The van der Waals surface area contributed by atoms with E-state index in [1.54, 1.807) is 38.5 Å². The lowest BCUT2D eigenvalue weighted by Gasteiger charge is -2.06. The maximum absolute atomic E-state index is 12.1. The van der Waals surface area contributed by atoms with Gasteiger partial charge in [-0.05, 0) is 36.4 Å². The first-order valence-electron chi connectivity index (χ1n) is 7.79. The average molecular weight is 351 g/mol. The number of benzene rings is 2. The van der Waals surface area contributed by atoms with Crippen LogP contribution < -0.4 is 14.8 Å². The fourth-order valence-electron chi connectivity index (χ4n) is 2.25. The van der Waals surface area contributed by atoms with Gasteiger partial charge in [0.25, 0.3) is 5.91 Å². The van der Waals surface area contributed by atoms with Gasteiger partial charge in [-0.2, -0.15) is 0 Å². The minimum Gasteiger partial charge on any atom is -0.497 e. The Balaban J connectivity index is 1.70. The summed E-state index contributed by atoms with van der Waals surface area (Å²) in [6, 6.07) is 14.6. The van der Waals surface area contributed by atoms with Crippen LogP contribution in [0.2, 0.25) is 0 Å². The van der Waals surface area contributed by atoms with Crippen LogP contribution in [0, 0.1) is 0 Å². The van der Waals surface area contributed by atoms with Crippen LogP contribution in [0.5, 0.6) is 11.5 Å². The topological polar surface area (TPSA) is 86.5 Å². The fourth-order valence-corrected chi connectivity index (χ4v) is 2.25. The molecule has 0 unspecified atom stereocenters. The molecule has 1 amide bonds. The molecule has 132 valence electrons. The van der Waals surface area contributed by atoms with E-state index in [4.69, 9.17) is 13.9 Å². The third-order valence-electron chi connectivity index (χ3n) is 3.53. The predicted octanol–water partition coefficient (Wildman–Crippen LogP) is 3.41. The Labute approximate surface area is 150 Å². The Morgan fingerprint density at radius 2 is 1.88 bits per heavy atom. The largest absolute Gasteiger partial charge is 0.497 e. The summed E-state index contributed by atoms with van der Waals surface area (Å²) in [5.41, 5.74) is 1.48. The molecule has 7 nitrogen and oxygen atoms in total. The van der Waals surface area contributed by atoms with Crippen LogP contribution in [0.1, 0.15) is 5.56 Å². The highest BCUT2D eigenvalue weighted by atomic mass is 16.5. The summed E-state index contributed by atoms with van der Waals surface area (Å²) >= 11 is 0. The van der Waals surface area contributed by atoms with Gasteiger partial charge in [-0.3, -0.25) is 10.1 Å². The number of carbonyl (C=O) groups excluding carboxylic acids is 1. The van der Waals surface area contributed by atoms with Crippen molar-refractivity contribution in [2.45, 2.75) is 0 Å². The van der Waals surface area contributed by atoms with E-state index in [0.717, 1.165) is 5.56 Å². The van der Waals surface area contributed by atoms with E-state index in [-0.39, 0.29) is 6.01 Å². The van der Waals surface area contributed by atoms with Crippen LogP contribution in [0.4, 0.5) is 6.01 Å². The zero-order chi connectivity index (χ0) is 18.4. The molecule has 0 saturated heterocycles. The van der Waals surface area contributed by atoms with Gasteiger partial charge in [-0.15, -0.1) is 5.10 Å². The number of rotatable bonds is 6. The summed E-state index contributed by atoms with van der Waals surface area (Å²) in [4.78, 5) is 12.1. The van der Waals surface area contributed by atoms with E-state index < -0.39 is 5.91 Å². The van der Waals surface area contributed by atoms with Gasteiger partial charge in [0, 0.05) is 17.2 Å². The number of nitrogens with one attached hydrogen (secondary N) is 1. The second kappa shape index (κ2) is 7.98. The Morgan fingerprint density at radius 3 is 2.62 bits per heavy atom. The molecule has 3 aromatic rings. The van der Waals surface area contributed by atoms with Gasteiger partial charge in [0.05, 0.1) is 14.2 Å². The molecule has 0 aliphatic heterocycles. The number of carbonyl (C=O) groups is 1. The van der Waals surface area contributed by atoms with Gasteiger partial charge >= 0.3 is 6.01 Å². The molecule has 1 N–H and O–H groups in total. The van der Waals surface area contributed by atoms with Crippen molar-refractivity contribution in [2.24, 2.45) is 0 Å². The molecular formula is C19H17N3O4. The lowest BCUT2D eigenvalue weighted by atomic mass is 10.1. The molecule has 2 aromatic carbocycles. The van der Waals surface area contributed by atoms with Gasteiger partial charge in [-0.25, -0.2) is 0 Å². The molecule has 1 aromatic heterocycles. The molecular weight excluding hydrogens is 334 g/mol. The van der Waals surface area contributed by atoms with Crippen LogP contribution in [-0.4, -0.2) is 30.3 Å². The molecule has 0 fully saturated rings. The molecule has 3 rings (SSSR count). The predicted molar refractivity (Wildman–Crippen MR) is 96.9 cm³/mol. The quantitative estimate of drug-likeness (QED) is 0.685. The molecule has 0 atom stereocenters. The molecule has 0 radical (unpaired) electrons. The normalized spacial score (nSPS) is 10.7. The number of hydrogen-bond donors (Lipinski definition) is 1. The highest BCUT2D eigenvalue weighted by Gasteiger charge is 2.10. The number of hydrogen-bond acceptors (Lipinski definition) is 6. The summed E-state index contributed by atoms with van der Waals surface area (Å²) in [6.07, 6.45) is 2.97. The van der Waals surface area contributed by atoms with Gasteiger partial charge in [0.1, 0.15) is 11.5 Å². The maximum Gasteiger partial charge on any atom is 0.322 e. The summed E-state index contributed by atoms with van der Waals surface area (Å²) < 4.78 is 15.9. The highest BCUT2D eigenvalue weighted by Crippen LogP contribution is 2.25. The number of ether oxygens (including phenoxy) is 2. The first-order chi connectivity index (χ1) is 12.7. The third-order valence-corrected chi connectivity index (χ3v) is 3.53. The molecule has 0 aliphatic carbocycles. The van der Waals surface area contributed by atoms with Crippen LogP contribution >= 0.6 is 0 Å². The maximum atomic E-state index is 12.1. The van der Waals surface area contributed by atoms with E-state index in [1.165, 1.54) is 6.08 Å². The zero-order valence-electron chi connectivity index (χ0n) is 14.3. The number of aromatic nitrogens is 2. The van der Waals surface area contributed by atoms with E-state index in [0.29, 0.717) is 23.0 Å². The summed E-state index contributed by atoms with van der Waals surface area (Å²) in [6.45, 7) is 0. The minimum absolute atomic E-state index is 0.0242. The minimum atomic E-state index is -0.405. The van der Waals surface area contributed by atoms with Crippen molar-refractivity contribution in [3.05, 3.63) is 60.2 Å². The highest BCUT2D eigenvalue weighted by molar-refractivity contribution is 6.00. The van der Waals surface area contributed by atoms with Crippen LogP contribution in [0.15, 0.2) is 59.0 Å². The standard InChI is InChI=1S/C19H17N3O4/c1-24-15-9-10-16(25-2)14(12-15)8-11-17(23)20-19-22-21-18(26-19)13-6-4-3-5-7-13/h3-12H,1-2H3,(H,20,22,23)/b11-8+. The Morgan fingerprint density at radius 1 is 1.08 bits per heavy atom. The van der Waals surface area contributed by atoms with Crippen molar-refractivity contribution in [1.29, 1.82) is 0 Å². The third kappa shape index (κ3) is 4.07. The van der Waals surface area contributed by atoms with Gasteiger partial charge < -0.3 is 13.9 Å². The summed E-state index contributed by atoms with van der Waals surface area (Å²) in [5.74, 6) is 1.21. The Kier molecular flexibility index (Phi) is 5.28. The van der Waals surface area contributed by atoms with Gasteiger partial charge in [0.15, 0.2) is 0 Å². The number of methoxy groups -OCH3 is 2. The van der Waals surface area contributed by atoms with E-state index in [2.05, 4.69) is 15.5 Å². The van der Waals surface area contributed by atoms with Crippen molar-refractivity contribution >= 4 is 18.0 Å². The monoisotopic (exact) mass is 351 g/mol. The molecule has 0 aliphatic rings. The van der Waals surface area contributed by atoms with Crippen LogP contribution in [0.25, 0.3) is 17.5 Å². The van der Waals surface area contributed by atoms with Crippen molar-refractivity contribution in [2.75, 3.05) is 19.5 Å². The molecule has 0 bridgehead atoms. The second-order valence-corrected chi connectivity index (χ2v) is 5.21. The van der Waals surface area contributed by atoms with E-state index >= 15 is 0 Å². The number of anilines is 1. The average Bonchev–Trinajstić information content (AvgIpc) is 3.15. The van der Waals surface area contributed by atoms with E-state index in [1.807, 2.05) is 30.3 Å². The smallest absolute Gasteiger partial charge is 0.322 e. The Bertz CT molecular complexity index is 920. The SMILES string of the molecule is COc1ccc(OC)c(/C=C/C(=O)Nc2nnc(-c3ccccc3)o2)c1. The summed E-state index contributed by atoms with van der Waals surface area (Å²) in [7, 11) is 3.13. The van der Waals surface area contributed by atoms with Crippen molar-refractivity contribution in [3.63, 3.8) is 0 Å².